The lowest BCUT2D eigenvalue weighted by molar-refractivity contribution is 0.293. The highest BCUT2D eigenvalue weighted by Gasteiger charge is 2.26. The minimum Gasteiger partial charge on any atom is -0.384 e. The molecule has 0 aliphatic carbocycles. The van der Waals surface area contributed by atoms with Gasteiger partial charge in [0.15, 0.2) is 0 Å². The normalized spacial score (nSPS) is 18.7. The third-order valence-corrected chi connectivity index (χ3v) is 4.16. The first-order valence-corrected chi connectivity index (χ1v) is 7.07. The summed E-state index contributed by atoms with van der Waals surface area (Å²) in [5, 5.41) is 7.49. The second-order valence-electron chi connectivity index (χ2n) is 5.77. The van der Waals surface area contributed by atoms with Gasteiger partial charge < -0.3 is 10.6 Å². The van der Waals surface area contributed by atoms with Gasteiger partial charge in [-0.25, -0.2) is 0 Å². The Morgan fingerprint density at radius 1 is 1.44 bits per heavy atom. The summed E-state index contributed by atoms with van der Waals surface area (Å²) in [6, 6.07) is 6.05. The van der Waals surface area contributed by atoms with Crippen LogP contribution in [0.25, 0.3) is 0 Å². The molecule has 1 aromatic rings. The molecule has 0 amide bonds. The van der Waals surface area contributed by atoms with Crippen molar-refractivity contribution in [2.45, 2.75) is 26.7 Å². The Kier molecular flexibility index (Phi) is 3.66. The number of rotatable bonds is 2. The Morgan fingerprint density at radius 2 is 2.17 bits per heavy atom. The Bertz CT molecular complexity index is 468. The van der Waals surface area contributed by atoms with Crippen LogP contribution in [0.15, 0.2) is 22.7 Å². The molecular weight excluding hydrogens is 290 g/mol. The SMILES string of the molecule is CC1(C)CCCN(c2ccc(C(=N)N)c(Br)c2)C1. The lowest BCUT2D eigenvalue weighted by atomic mass is 9.84. The molecule has 0 aromatic heterocycles. The number of halogens is 1. The van der Waals surface area contributed by atoms with Crippen LogP contribution in [0.4, 0.5) is 5.69 Å². The number of nitrogens with two attached hydrogens (primary N) is 1. The summed E-state index contributed by atoms with van der Waals surface area (Å²) >= 11 is 3.50. The van der Waals surface area contributed by atoms with Crippen LogP contribution in [-0.2, 0) is 0 Å². The van der Waals surface area contributed by atoms with Crippen molar-refractivity contribution in [2.75, 3.05) is 18.0 Å². The molecule has 1 aromatic carbocycles. The highest BCUT2D eigenvalue weighted by atomic mass is 79.9. The third-order valence-electron chi connectivity index (χ3n) is 3.51. The van der Waals surface area contributed by atoms with Gasteiger partial charge in [-0.1, -0.05) is 13.8 Å². The molecule has 1 aliphatic heterocycles. The quantitative estimate of drug-likeness (QED) is 0.650. The van der Waals surface area contributed by atoms with Gasteiger partial charge >= 0.3 is 0 Å². The number of amidine groups is 1. The van der Waals surface area contributed by atoms with Gasteiger partial charge in [-0.2, -0.15) is 0 Å². The maximum atomic E-state index is 7.49. The van der Waals surface area contributed by atoms with Gasteiger partial charge in [0.1, 0.15) is 5.84 Å². The van der Waals surface area contributed by atoms with Crippen molar-refractivity contribution in [2.24, 2.45) is 11.1 Å². The van der Waals surface area contributed by atoms with Crippen molar-refractivity contribution in [3.8, 4) is 0 Å². The first-order valence-electron chi connectivity index (χ1n) is 6.28. The first kappa shape index (κ1) is 13.4. The third kappa shape index (κ3) is 2.86. The van der Waals surface area contributed by atoms with Gasteiger partial charge in [0.05, 0.1) is 0 Å². The maximum absolute atomic E-state index is 7.49. The number of benzene rings is 1. The van der Waals surface area contributed by atoms with E-state index in [1.165, 1.54) is 18.5 Å². The fourth-order valence-electron chi connectivity index (χ4n) is 2.56. The van der Waals surface area contributed by atoms with Crippen molar-refractivity contribution in [3.05, 3.63) is 28.2 Å². The molecular formula is C14H20BrN3. The van der Waals surface area contributed by atoms with Crippen molar-refractivity contribution in [1.82, 2.24) is 0 Å². The van der Waals surface area contributed by atoms with E-state index in [4.69, 9.17) is 11.1 Å². The Morgan fingerprint density at radius 3 is 2.72 bits per heavy atom. The second-order valence-corrected chi connectivity index (χ2v) is 6.62. The molecule has 0 atom stereocenters. The number of piperidine rings is 1. The van der Waals surface area contributed by atoms with Crippen LogP contribution in [0.5, 0.6) is 0 Å². The van der Waals surface area contributed by atoms with E-state index in [9.17, 15) is 0 Å². The van der Waals surface area contributed by atoms with Crippen LogP contribution in [0.2, 0.25) is 0 Å². The van der Waals surface area contributed by atoms with Crippen LogP contribution < -0.4 is 10.6 Å². The minimum absolute atomic E-state index is 0.104. The Balaban J connectivity index is 2.24. The Hall–Kier alpha value is -1.03. The molecule has 0 spiro atoms. The van der Waals surface area contributed by atoms with Gasteiger partial charge in [0.25, 0.3) is 0 Å². The molecule has 0 saturated carbocycles. The van der Waals surface area contributed by atoms with Gasteiger partial charge in [0, 0.05) is 28.8 Å². The summed E-state index contributed by atoms with van der Waals surface area (Å²) in [5.74, 6) is 0.104. The van der Waals surface area contributed by atoms with Gasteiger partial charge in [-0.05, 0) is 52.4 Å². The molecule has 3 N–H and O–H groups in total. The number of hydrogen-bond acceptors (Lipinski definition) is 2. The van der Waals surface area contributed by atoms with E-state index in [1.807, 2.05) is 6.07 Å². The summed E-state index contributed by atoms with van der Waals surface area (Å²) < 4.78 is 0.899. The fourth-order valence-corrected chi connectivity index (χ4v) is 3.14. The summed E-state index contributed by atoms with van der Waals surface area (Å²) in [5.41, 5.74) is 7.87. The number of nitrogens with zero attached hydrogens (tertiary/aromatic N) is 1. The van der Waals surface area contributed by atoms with Crippen molar-refractivity contribution in [1.29, 1.82) is 5.41 Å². The Labute approximate surface area is 117 Å². The monoisotopic (exact) mass is 309 g/mol. The van der Waals surface area contributed by atoms with Crippen LogP contribution in [0.1, 0.15) is 32.3 Å². The zero-order chi connectivity index (χ0) is 13.3. The molecule has 18 heavy (non-hydrogen) atoms. The molecule has 4 heteroatoms. The van der Waals surface area contributed by atoms with Gasteiger partial charge in [-0.15, -0.1) is 0 Å². The van der Waals surface area contributed by atoms with Crippen LogP contribution >= 0.6 is 15.9 Å². The van der Waals surface area contributed by atoms with E-state index >= 15 is 0 Å². The van der Waals surface area contributed by atoms with E-state index < -0.39 is 0 Å². The molecule has 1 aliphatic rings. The van der Waals surface area contributed by atoms with Crippen molar-refractivity contribution < 1.29 is 0 Å². The van der Waals surface area contributed by atoms with Gasteiger partial charge in [0.2, 0.25) is 0 Å². The van der Waals surface area contributed by atoms with Crippen LogP contribution in [-0.4, -0.2) is 18.9 Å². The molecule has 1 saturated heterocycles. The predicted molar refractivity (Wildman–Crippen MR) is 80.4 cm³/mol. The lowest BCUT2D eigenvalue weighted by Crippen LogP contribution is -2.40. The smallest absolute Gasteiger partial charge is 0.123 e. The van der Waals surface area contributed by atoms with Gasteiger partial charge in [-0.3, -0.25) is 5.41 Å². The average Bonchev–Trinajstić information content (AvgIpc) is 2.27. The van der Waals surface area contributed by atoms with E-state index in [2.05, 4.69) is 46.8 Å². The molecule has 3 nitrogen and oxygen atoms in total. The van der Waals surface area contributed by atoms with Crippen molar-refractivity contribution in [3.63, 3.8) is 0 Å². The number of anilines is 1. The van der Waals surface area contributed by atoms with E-state index in [-0.39, 0.29) is 5.84 Å². The van der Waals surface area contributed by atoms with E-state index in [0.29, 0.717) is 5.41 Å². The highest BCUT2D eigenvalue weighted by Crippen LogP contribution is 2.33. The molecule has 2 rings (SSSR count). The van der Waals surface area contributed by atoms with E-state index in [0.717, 1.165) is 23.1 Å². The summed E-state index contributed by atoms with van der Waals surface area (Å²) in [6.45, 7) is 6.82. The maximum Gasteiger partial charge on any atom is 0.123 e. The largest absolute Gasteiger partial charge is 0.384 e. The highest BCUT2D eigenvalue weighted by molar-refractivity contribution is 9.10. The fraction of sp³-hybridized carbons (Fsp3) is 0.500. The number of hydrogen-bond donors (Lipinski definition) is 2. The zero-order valence-corrected chi connectivity index (χ0v) is 12.5. The molecule has 1 heterocycles. The molecule has 0 radical (unpaired) electrons. The summed E-state index contributed by atoms with van der Waals surface area (Å²) in [4.78, 5) is 2.41. The second kappa shape index (κ2) is 4.92. The lowest BCUT2D eigenvalue weighted by Gasteiger charge is -2.39. The standard InChI is InChI=1S/C14H20BrN3/c1-14(2)6-3-7-18(9-14)10-4-5-11(13(16)17)12(15)8-10/h4-5,8H,3,6-7,9H2,1-2H3,(H3,16,17). The number of nitrogens with one attached hydrogen (secondary N) is 1. The molecule has 0 unspecified atom stereocenters. The molecule has 98 valence electrons. The molecule has 1 fully saturated rings. The summed E-state index contributed by atoms with van der Waals surface area (Å²) in [6.07, 6.45) is 2.52. The minimum atomic E-state index is 0.104. The predicted octanol–water partition coefficient (Wildman–Crippen LogP) is 3.36. The zero-order valence-electron chi connectivity index (χ0n) is 11.0. The first-order chi connectivity index (χ1) is 8.39. The van der Waals surface area contributed by atoms with E-state index in [1.54, 1.807) is 0 Å². The van der Waals surface area contributed by atoms with Crippen molar-refractivity contribution >= 4 is 27.5 Å². The van der Waals surface area contributed by atoms with Crippen LogP contribution in [0, 0.1) is 10.8 Å². The molecule has 0 bridgehead atoms. The summed E-state index contributed by atoms with van der Waals surface area (Å²) in [7, 11) is 0. The number of nitrogen functional groups attached to an aromatic ring is 1. The average molecular weight is 310 g/mol. The topological polar surface area (TPSA) is 53.1 Å². The van der Waals surface area contributed by atoms with Crippen LogP contribution in [0.3, 0.4) is 0 Å².